The summed E-state index contributed by atoms with van der Waals surface area (Å²) < 4.78 is 32.4. The molecule has 25 heavy (non-hydrogen) atoms. The minimum absolute atomic E-state index is 0.167. The minimum atomic E-state index is -0.584. The fraction of sp³-hybridized carbons (Fsp3) is 0.389. The Bertz CT molecular complexity index is 755. The molecule has 0 radical (unpaired) electrons. The van der Waals surface area contributed by atoms with E-state index in [9.17, 15) is 13.6 Å². The summed E-state index contributed by atoms with van der Waals surface area (Å²) in [6.07, 6.45) is 0. The molecule has 2 heterocycles. The summed E-state index contributed by atoms with van der Waals surface area (Å²) in [5.74, 6) is -0.441. The highest BCUT2D eigenvalue weighted by molar-refractivity contribution is 5.91. The molecule has 1 aliphatic heterocycles. The van der Waals surface area contributed by atoms with Crippen molar-refractivity contribution < 1.29 is 18.0 Å². The second kappa shape index (κ2) is 7.33. The number of hydrogen-bond donors (Lipinski definition) is 1. The van der Waals surface area contributed by atoms with Gasteiger partial charge in [-0.05, 0) is 25.1 Å². The van der Waals surface area contributed by atoms with E-state index in [0.717, 1.165) is 6.07 Å². The maximum atomic E-state index is 14.0. The Morgan fingerprint density at radius 1 is 1.20 bits per heavy atom. The summed E-state index contributed by atoms with van der Waals surface area (Å²) in [7, 11) is 0. The van der Waals surface area contributed by atoms with Crippen LogP contribution in [0.1, 0.15) is 34.8 Å². The molecule has 5 nitrogen and oxygen atoms in total. The van der Waals surface area contributed by atoms with Crippen LogP contribution in [0.2, 0.25) is 0 Å². The van der Waals surface area contributed by atoms with Crippen LogP contribution in [0.3, 0.4) is 0 Å². The summed E-state index contributed by atoms with van der Waals surface area (Å²) in [4.78, 5) is 16.2. The van der Waals surface area contributed by atoms with Crippen LogP contribution in [-0.2, 0) is 6.54 Å². The first kappa shape index (κ1) is 17.6. The van der Waals surface area contributed by atoms with Crippen LogP contribution in [0.5, 0.6) is 0 Å². The largest absolute Gasteiger partial charge is 0.455 e. The Hall–Kier alpha value is -2.25. The summed E-state index contributed by atoms with van der Waals surface area (Å²) in [5, 5.41) is 0. The van der Waals surface area contributed by atoms with Gasteiger partial charge < -0.3 is 15.1 Å². The Labute approximate surface area is 145 Å². The topological polar surface area (TPSA) is 62.7 Å². The number of carbonyl (C=O) groups is 1. The van der Waals surface area contributed by atoms with Crippen molar-refractivity contribution in [2.45, 2.75) is 19.5 Å². The zero-order valence-electron chi connectivity index (χ0n) is 14.0. The zero-order chi connectivity index (χ0) is 18.0. The number of furan rings is 1. The standard InChI is InChI=1S/C18H21F2N3O2/c1-12(15-4-2-13(19)10-16(15)20)22-6-8-23(9-7-22)18(24)17-5-3-14(11-21)25-17/h2-5,10,12H,6-9,11,21H2,1H3/t12-/m0/s1. The summed E-state index contributed by atoms with van der Waals surface area (Å²) in [6, 6.07) is 6.78. The lowest BCUT2D eigenvalue weighted by Gasteiger charge is -2.38. The number of benzene rings is 1. The van der Waals surface area contributed by atoms with Gasteiger partial charge in [0.05, 0.1) is 6.54 Å². The normalized spacial score (nSPS) is 16.9. The third kappa shape index (κ3) is 3.72. The monoisotopic (exact) mass is 349 g/mol. The fourth-order valence-electron chi connectivity index (χ4n) is 3.11. The molecule has 0 spiro atoms. The average molecular weight is 349 g/mol. The molecule has 134 valence electrons. The van der Waals surface area contributed by atoms with Gasteiger partial charge in [-0.25, -0.2) is 8.78 Å². The molecular formula is C18H21F2N3O2. The van der Waals surface area contributed by atoms with E-state index in [1.165, 1.54) is 12.1 Å². The van der Waals surface area contributed by atoms with E-state index in [-0.39, 0.29) is 24.3 Å². The molecule has 3 rings (SSSR count). The van der Waals surface area contributed by atoms with Crippen molar-refractivity contribution in [1.29, 1.82) is 0 Å². The third-order valence-corrected chi connectivity index (χ3v) is 4.64. The number of rotatable bonds is 4. The van der Waals surface area contributed by atoms with E-state index in [0.29, 0.717) is 37.5 Å². The molecule has 1 aromatic carbocycles. The van der Waals surface area contributed by atoms with Crippen molar-refractivity contribution in [1.82, 2.24) is 9.80 Å². The van der Waals surface area contributed by atoms with Crippen LogP contribution in [0.4, 0.5) is 8.78 Å². The molecular weight excluding hydrogens is 328 g/mol. The van der Waals surface area contributed by atoms with Gasteiger partial charge in [0.15, 0.2) is 5.76 Å². The number of nitrogens with two attached hydrogens (primary N) is 1. The van der Waals surface area contributed by atoms with Gasteiger partial charge in [-0.3, -0.25) is 9.69 Å². The predicted octanol–water partition coefficient (Wildman–Crippen LogP) is 2.54. The summed E-state index contributed by atoms with van der Waals surface area (Å²) in [6.45, 7) is 4.38. The van der Waals surface area contributed by atoms with Gasteiger partial charge in [-0.2, -0.15) is 0 Å². The Morgan fingerprint density at radius 3 is 2.52 bits per heavy atom. The Morgan fingerprint density at radius 2 is 1.92 bits per heavy atom. The first-order valence-corrected chi connectivity index (χ1v) is 8.26. The van der Waals surface area contributed by atoms with Gasteiger partial charge in [-0.15, -0.1) is 0 Å². The molecule has 2 aromatic rings. The van der Waals surface area contributed by atoms with Crippen LogP contribution in [-0.4, -0.2) is 41.9 Å². The highest BCUT2D eigenvalue weighted by atomic mass is 19.1. The molecule has 1 fully saturated rings. The molecule has 1 atom stereocenters. The second-order valence-electron chi connectivity index (χ2n) is 6.14. The smallest absolute Gasteiger partial charge is 0.289 e. The molecule has 0 aliphatic carbocycles. The maximum Gasteiger partial charge on any atom is 0.289 e. The lowest BCUT2D eigenvalue weighted by molar-refractivity contribution is 0.0548. The van der Waals surface area contributed by atoms with Gasteiger partial charge in [-0.1, -0.05) is 6.07 Å². The fourth-order valence-corrected chi connectivity index (χ4v) is 3.11. The van der Waals surface area contributed by atoms with Crippen molar-refractivity contribution in [2.75, 3.05) is 26.2 Å². The van der Waals surface area contributed by atoms with Gasteiger partial charge in [0, 0.05) is 43.9 Å². The lowest BCUT2D eigenvalue weighted by atomic mass is 10.1. The van der Waals surface area contributed by atoms with Crippen molar-refractivity contribution in [3.05, 3.63) is 59.1 Å². The highest BCUT2D eigenvalue weighted by Crippen LogP contribution is 2.25. The number of nitrogens with zero attached hydrogens (tertiary/aromatic N) is 2. The van der Waals surface area contributed by atoms with Gasteiger partial charge in [0.25, 0.3) is 5.91 Å². The van der Waals surface area contributed by atoms with Crippen molar-refractivity contribution in [3.63, 3.8) is 0 Å². The van der Waals surface area contributed by atoms with E-state index >= 15 is 0 Å². The maximum absolute atomic E-state index is 14.0. The predicted molar refractivity (Wildman–Crippen MR) is 88.8 cm³/mol. The molecule has 1 saturated heterocycles. The molecule has 7 heteroatoms. The van der Waals surface area contributed by atoms with Gasteiger partial charge in [0.1, 0.15) is 17.4 Å². The summed E-state index contributed by atoms with van der Waals surface area (Å²) >= 11 is 0. The van der Waals surface area contributed by atoms with E-state index in [1.807, 2.05) is 6.92 Å². The van der Waals surface area contributed by atoms with Gasteiger partial charge in [0.2, 0.25) is 0 Å². The van der Waals surface area contributed by atoms with E-state index in [2.05, 4.69) is 4.90 Å². The molecule has 1 aliphatic rings. The van der Waals surface area contributed by atoms with E-state index < -0.39 is 11.6 Å². The molecule has 0 saturated carbocycles. The van der Waals surface area contributed by atoms with Crippen LogP contribution < -0.4 is 5.73 Å². The van der Waals surface area contributed by atoms with Crippen LogP contribution >= 0.6 is 0 Å². The van der Waals surface area contributed by atoms with Crippen molar-refractivity contribution >= 4 is 5.91 Å². The zero-order valence-corrected chi connectivity index (χ0v) is 14.0. The van der Waals surface area contributed by atoms with E-state index in [1.54, 1.807) is 17.0 Å². The number of carbonyl (C=O) groups excluding carboxylic acids is 1. The lowest BCUT2D eigenvalue weighted by Crippen LogP contribution is -2.49. The quantitative estimate of drug-likeness (QED) is 0.921. The average Bonchev–Trinajstić information content (AvgIpc) is 3.10. The Balaban J connectivity index is 1.62. The number of amides is 1. The van der Waals surface area contributed by atoms with Crippen LogP contribution in [0, 0.1) is 11.6 Å². The number of piperazine rings is 1. The van der Waals surface area contributed by atoms with Gasteiger partial charge >= 0.3 is 0 Å². The Kier molecular flexibility index (Phi) is 5.15. The SMILES string of the molecule is C[C@@H](c1ccc(F)cc1F)N1CCN(C(=O)c2ccc(CN)o2)CC1. The number of halogens is 2. The van der Waals surface area contributed by atoms with Crippen molar-refractivity contribution in [2.24, 2.45) is 5.73 Å². The highest BCUT2D eigenvalue weighted by Gasteiger charge is 2.27. The molecule has 0 bridgehead atoms. The third-order valence-electron chi connectivity index (χ3n) is 4.64. The number of hydrogen-bond acceptors (Lipinski definition) is 4. The molecule has 1 amide bonds. The molecule has 2 N–H and O–H groups in total. The molecule has 0 unspecified atom stereocenters. The van der Waals surface area contributed by atoms with Crippen LogP contribution in [0.15, 0.2) is 34.7 Å². The molecule has 1 aromatic heterocycles. The first-order chi connectivity index (χ1) is 12.0. The summed E-state index contributed by atoms with van der Waals surface area (Å²) in [5.41, 5.74) is 5.95. The van der Waals surface area contributed by atoms with E-state index in [4.69, 9.17) is 10.2 Å². The second-order valence-corrected chi connectivity index (χ2v) is 6.14. The van der Waals surface area contributed by atoms with Crippen molar-refractivity contribution in [3.8, 4) is 0 Å². The minimum Gasteiger partial charge on any atom is -0.455 e. The van der Waals surface area contributed by atoms with Crippen LogP contribution in [0.25, 0.3) is 0 Å². The first-order valence-electron chi connectivity index (χ1n) is 8.26.